The monoisotopic (exact) mass is 549 g/mol. The van der Waals surface area contributed by atoms with Crippen LogP contribution in [0.5, 0.6) is 0 Å². The normalized spacial score (nSPS) is 10.5. The number of esters is 3. The predicted octanol–water partition coefficient (Wildman–Crippen LogP) is 1.87. The summed E-state index contributed by atoms with van der Waals surface area (Å²) in [5.74, 6) is -1.53. The molecule has 0 aliphatic rings. The van der Waals surface area contributed by atoms with Gasteiger partial charge in [0.15, 0.2) is 0 Å². The van der Waals surface area contributed by atoms with Gasteiger partial charge in [-0.3, -0.25) is 4.79 Å². The Kier molecular flexibility index (Phi) is 14.2. The van der Waals surface area contributed by atoms with Gasteiger partial charge in [-0.25, -0.2) is 37.7 Å². The lowest BCUT2D eigenvalue weighted by atomic mass is 10.2. The zero-order valence-electron chi connectivity index (χ0n) is 23.1. The van der Waals surface area contributed by atoms with Crippen LogP contribution in [-0.2, 0) is 48.2 Å². The Balaban J connectivity index is 2.98. The SMILES string of the molecule is C=C(C)CC(=O)OCCCn1c(=O)n(CCCCCOC(=O)C(=C)C)c(=O)n(CCCOC(=O)C(=C)C)c1=O. The molecule has 12 heteroatoms. The first-order valence-electron chi connectivity index (χ1n) is 12.8. The van der Waals surface area contributed by atoms with E-state index in [1.54, 1.807) is 13.8 Å². The fourth-order valence-corrected chi connectivity index (χ4v) is 3.31. The molecule has 0 amide bonds. The third-order valence-electron chi connectivity index (χ3n) is 5.34. The van der Waals surface area contributed by atoms with Crippen LogP contribution in [0.2, 0.25) is 0 Å². The summed E-state index contributed by atoms with van der Waals surface area (Å²) < 4.78 is 18.0. The van der Waals surface area contributed by atoms with Crippen molar-refractivity contribution in [3.63, 3.8) is 0 Å². The molecule has 0 spiro atoms. The van der Waals surface area contributed by atoms with E-state index < -0.39 is 35.0 Å². The number of rotatable bonds is 18. The largest absolute Gasteiger partial charge is 0.465 e. The maximum atomic E-state index is 13.0. The molecule has 0 saturated carbocycles. The minimum Gasteiger partial charge on any atom is -0.465 e. The first-order chi connectivity index (χ1) is 18.4. The molecule has 0 fully saturated rings. The number of ether oxygens (including phenoxy) is 3. The summed E-state index contributed by atoms with van der Waals surface area (Å²) in [5, 5.41) is 0. The van der Waals surface area contributed by atoms with Crippen molar-refractivity contribution < 1.29 is 28.6 Å². The first kappa shape index (κ1) is 33.1. The van der Waals surface area contributed by atoms with Gasteiger partial charge < -0.3 is 14.2 Å². The molecule has 0 saturated heterocycles. The highest BCUT2D eigenvalue weighted by molar-refractivity contribution is 5.87. The molecule has 0 bridgehead atoms. The van der Waals surface area contributed by atoms with Crippen LogP contribution in [0.15, 0.2) is 50.8 Å². The van der Waals surface area contributed by atoms with Crippen LogP contribution >= 0.6 is 0 Å². The molecular formula is C27H39N3O9. The van der Waals surface area contributed by atoms with Gasteiger partial charge in [-0.15, -0.1) is 0 Å². The van der Waals surface area contributed by atoms with Gasteiger partial charge >= 0.3 is 35.0 Å². The topological polar surface area (TPSA) is 145 Å². The second kappa shape index (κ2) is 16.8. The molecule has 12 nitrogen and oxygen atoms in total. The molecule has 0 aliphatic carbocycles. The second-order valence-electron chi connectivity index (χ2n) is 9.26. The van der Waals surface area contributed by atoms with Crippen LogP contribution < -0.4 is 17.1 Å². The fraction of sp³-hybridized carbons (Fsp3) is 0.556. The van der Waals surface area contributed by atoms with E-state index in [-0.39, 0.29) is 64.3 Å². The van der Waals surface area contributed by atoms with Crippen LogP contribution in [0.1, 0.15) is 59.3 Å². The van der Waals surface area contributed by atoms with Crippen LogP contribution in [0.25, 0.3) is 0 Å². The van der Waals surface area contributed by atoms with E-state index >= 15 is 0 Å². The van der Waals surface area contributed by atoms with Gasteiger partial charge in [0, 0.05) is 30.8 Å². The lowest BCUT2D eigenvalue weighted by Crippen LogP contribution is -2.54. The minimum atomic E-state index is -0.799. The molecule has 216 valence electrons. The molecular weight excluding hydrogens is 510 g/mol. The molecule has 0 radical (unpaired) electrons. The maximum absolute atomic E-state index is 13.0. The van der Waals surface area contributed by atoms with Gasteiger partial charge in [0.25, 0.3) is 0 Å². The molecule has 0 unspecified atom stereocenters. The smallest absolute Gasteiger partial charge is 0.336 e. The van der Waals surface area contributed by atoms with Crippen molar-refractivity contribution in [3.8, 4) is 0 Å². The highest BCUT2D eigenvalue weighted by atomic mass is 16.5. The predicted molar refractivity (Wildman–Crippen MR) is 144 cm³/mol. The Morgan fingerprint density at radius 3 is 1.38 bits per heavy atom. The summed E-state index contributed by atoms with van der Waals surface area (Å²) >= 11 is 0. The van der Waals surface area contributed by atoms with Crippen molar-refractivity contribution in [2.45, 2.75) is 78.9 Å². The number of hydrogen-bond donors (Lipinski definition) is 0. The summed E-state index contributed by atoms with van der Waals surface area (Å²) in [5.41, 5.74) is -1.17. The number of carbonyl (C=O) groups excluding carboxylic acids is 3. The average molecular weight is 550 g/mol. The van der Waals surface area contributed by atoms with Gasteiger partial charge in [-0.05, 0) is 52.9 Å². The average Bonchev–Trinajstić information content (AvgIpc) is 2.85. The lowest BCUT2D eigenvalue weighted by molar-refractivity contribution is -0.143. The van der Waals surface area contributed by atoms with Crippen molar-refractivity contribution in [2.75, 3.05) is 19.8 Å². The highest BCUT2D eigenvalue weighted by Gasteiger charge is 2.16. The van der Waals surface area contributed by atoms with Crippen LogP contribution in [0.4, 0.5) is 0 Å². The summed E-state index contributed by atoms with van der Waals surface area (Å²) in [6.45, 7) is 15.4. The molecule has 1 heterocycles. The van der Waals surface area contributed by atoms with E-state index in [0.717, 1.165) is 13.7 Å². The number of aromatic nitrogens is 3. The Labute approximate surface area is 227 Å². The lowest BCUT2D eigenvalue weighted by Gasteiger charge is -2.14. The van der Waals surface area contributed by atoms with Gasteiger partial charge in [-0.2, -0.15) is 0 Å². The Hall–Kier alpha value is -3.96. The van der Waals surface area contributed by atoms with E-state index in [4.69, 9.17) is 14.2 Å². The molecule has 1 rings (SSSR count). The molecule has 1 aromatic heterocycles. The van der Waals surface area contributed by atoms with E-state index in [2.05, 4.69) is 19.7 Å². The third kappa shape index (κ3) is 11.5. The van der Waals surface area contributed by atoms with Crippen molar-refractivity contribution in [1.29, 1.82) is 0 Å². The molecule has 1 aromatic rings. The highest BCUT2D eigenvalue weighted by Crippen LogP contribution is 2.01. The Morgan fingerprint density at radius 2 is 0.974 bits per heavy atom. The van der Waals surface area contributed by atoms with Gasteiger partial charge in [0.2, 0.25) is 0 Å². The van der Waals surface area contributed by atoms with Crippen molar-refractivity contribution in [1.82, 2.24) is 13.7 Å². The standard InChI is InChI=1S/C27H39N3O9/c1-19(2)18-22(31)37-16-10-13-29-25(34)28(12-8-7-9-15-38-23(32)20(3)4)26(35)30(27(29)36)14-11-17-39-24(33)21(5)6/h1,3,5,7-18H2,2,4,6H3. The van der Waals surface area contributed by atoms with E-state index in [1.807, 2.05) is 0 Å². The van der Waals surface area contributed by atoms with E-state index in [1.165, 1.54) is 6.92 Å². The zero-order chi connectivity index (χ0) is 29.5. The molecule has 0 atom stereocenters. The van der Waals surface area contributed by atoms with E-state index in [9.17, 15) is 28.8 Å². The summed E-state index contributed by atoms with van der Waals surface area (Å²) in [7, 11) is 0. The molecule has 0 N–H and O–H groups in total. The number of unbranched alkanes of at least 4 members (excludes halogenated alkanes) is 2. The van der Waals surface area contributed by atoms with Crippen LogP contribution in [0.3, 0.4) is 0 Å². The quantitative estimate of drug-likeness (QED) is 0.0881. The van der Waals surface area contributed by atoms with Crippen molar-refractivity contribution in [2.24, 2.45) is 0 Å². The minimum absolute atomic E-state index is 0.0170. The third-order valence-corrected chi connectivity index (χ3v) is 5.34. The fourth-order valence-electron chi connectivity index (χ4n) is 3.31. The van der Waals surface area contributed by atoms with E-state index in [0.29, 0.717) is 30.4 Å². The van der Waals surface area contributed by atoms with Gasteiger partial charge in [-0.1, -0.05) is 25.3 Å². The van der Waals surface area contributed by atoms with Crippen LogP contribution in [0, 0.1) is 0 Å². The Morgan fingerprint density at radius 1 is 0.590 bits per heavy atom. The second-order valence-corrected chi connectivity index (χ2v) is 9.26. The van der Waals surface area contributed by atoms with Gasteiger partial charge in [0.05, 0.1) is 26.2 Å². The summed E-state index contributed by atoms with van der Waals surface area (Å²) in [6, 6.07) is 0. The molecule has 39 heavy (non-hydrogen) atoms. The number of hydrogen-bond acceptors (Lipinski definition) is 9. The van der Waals surface area contributed by atoms with Crippen molar-refractivity contribution in [3.05, 3.63) is 67.9 Å². The molecule has 0 aromatic carbocycles. The van der Waals surface area contributed by atoms with Crippen molar-refractivity contribution >= 4 is 17.9 Å². The zero-order valence-corrected chi connectivity index (χ0v) is 23.1. The molecule has 0 aliphatic heterocycles. The maximum Gasteiger partial charge on any atom is 0.336 e. The number of carbonyl (C=O) groups is 3. The number of nitrogens with zero attached hydrogens (tertiary/aromatic N) is 3. The van der Waals surface area contributed by atoms with Crippen LogP contribution in [-0.4, -0.2) is 51.4 Å². The van der Waals surface area contributed by atoms with Gasteiger partial charge in [0.1, 0.15) is 0 Å². The summed E-state index contributed by atoms with van der Waals surface area (Å²) in [4.78, 5) is 73.9. The summed E-state index contributed by atoms with van der Waals surface area (Å²) in [6.07, 6.45) is 1.92. The first-order valence-corrected chi connectivity index (χ1v) is 12.8. The Bertz CT molecular complexity index is 1250.